The highest BCUT2D eigenvalue weighted by atomic mass is 32.1. The maximum Gasteiger partial charge on any atom is 0.273 e. The van der Waals surface area contributed by atoms with Crippen LogP contribution in [-0.4, -0.2) is 51.8 Å². The van der Waals surface area contributed by atoms with Crippen molar-refractivity contribution in [2.24, 2.45) is 5.41 Å². The maximum absolute atomic E-state index is 12.6. The van der Waals surface area contributed by atoms with Crippen LogP contribution in [0.3, 0.4) is 0 Å². The molecule has 0 saturated carbocycles. The fraction of sp³-hybridized carbons (Fsp3) is 0.750. The van der Waals surface area contributed by atoms with Gasteiger partial charge in [0.15, 0.2) is 0 Å². The van der Waals surface area contributed by atoms with Crippen molar-refractivity contribution < 1.29 is 15.0 Å². The Morgan fingerprint density at radius 2 is 2.27 bits per heavy atom. The molecule has 5 nitrogen and oxygen atoms in total. The zero-order valence-electron chi connectivity index (χ0n) is 13.4. The van der Waals surface area contributed by atoms with Crippen LogP contribution in [0.25, 0.3) is 0 Å². The van der Waals surface area contributed by atoms with E-state index < -0.39 is 11.5 Å². The Labute approximate surface area is 136 Å². The van der Waals surface area contributed by atoms with Crippen LogP contribution in [0.1, 0.15) is 55.0 Å². The number of amides is 1. The molecule has 0 spiro atoms. The van der Waals surface area contributed by atoms with E-state index in [0.717, 1.165) is 24.3 Å². The average molecular weight is 326 g/mol. The van der Waals surface area contributed by atoms with Gasteiger partial charge in [0.2, 0.25) is 0 Å². The summed E-state index contributed by atoms with van der Waals surface area (Å²) >= 11 is 1.53. The third-order valence-electron chi connectivity index (χ3n) is 4.47. The minimum Gasteiger partial charge on any atom is -0.396 e. The lowest BCUT2D eigenvalue weighted by molar-refractivity contribution is -0.0721. The summed E-state index contributed by atoms with van der Waals surface area (Å²) < 4.78 is 0. The Kier molecular flexibility index (Phi) is 5.94. The van der Waals surface area contributed by atoms with Gasteiger partial charge in [0, 0.05) is 23.9 Å². The number of aromatic nitrogens is 1. The number of thiazole rings is 1. The summed E-state index contributed by atoms with van der Waals surface area (Å²) in [6.45, 7) is 4.95. The number of aliphatic hydroxyl groups is 2. The minimum absolute atomic E-state index is 0.0839. The zero-order valence-corrected chi connectivity index (χ0v) is 14.2. The number of hydrogen-bond acceptors (Lipinski definition) is 5. The van der Waals surface area contributed by atoms with Crippen LogP contribution in [0.5, 0.6) is 0 Å². The highest BCUT2D eigenvalue weighted by Crippen LogP contribution is 2.35. The molecule has 2 atom stereocenters. The molecule has 6 heteroatoms. The topological polar surface area (TPSA) is 73.7 Å². The highest BCUT2D eigenvalue weighted by Gasteiger charge is 2.43. The summed E-state index contributed by atoms with van der Waals surface area (Å²) in [5, 5.41) is 22.9. The first-order valence-electron chi connectivity index (χ1n) is 8.09. The Bertz CT molecular complexity index is 505. The lowest BCUT2D eigenvalue weighted by atomic mass is 9.74. The van der Waals surface area contributed by atoms with E-state index >= 15 is 0 Å². The van der Waals surface area contributed by atoms with Crippen molar-refractivity contribution in [1.29, 1.82) is 0 Å². The third kappa shape index (κ3) is 3.50. The Hall–Kier alpha value is -0.980. The molecule has 2 rings (SSSR count). The second-order valence-corrected chi connectivity index (χ2v) is 7.12. The van der Waals surface area contributed by atoms with Crippen LogP contribution in [0.4, 0.5) is 0 Å². The molecule has 1 amide bonds. The van der Waals surface area contributed by atoms with Crippen LogP contribution in [-0.2, 0) is 6.42 Å². The molecule has 1 saturated heterocycles. The molecule has 1 fully saturated rings. The van der Waals surface area contributed by atoms with Gasteiger partial charge in [-0.15, -0.1) is 11.3 Å². The zero-order chi connectivity index (χ0) is 16.2. The Morgan fingerprint density at radius 1 is 1.50 bits per heavy atom. The van der Waals surface area contributed by atoms with Crippen molar-refractivity contribution in [3.8, 4) is 0 Å². The van der Waals surface area contributed by atoms with Crippen molar-refractivity contribution in [1.82, 2.24) is 9.88 Å². The number of piperidine rings is 1. The number of carbonyl (C=O) groups is 1. The number of rotatable bonds is 6. The Morgan fingerprint density at radius 3 is 2.91 bits per heavy atom. The van der Waals surface area contributed by atoms with Gasteiger partial charge in [-0.1, -0.05) is 20.3 Å². The predicted molar refractivity (Wildman–Crippen MR) is 87.1 cm³/mol. The van der Waals surface area contributed by atoms with Gasteiger partial charge in [-0.2, -0.15) is 0 Å². The third-order valence-corrected chi connectivity index (χ3v) is 5.38. The van der Waals surface area contributed by atoms with Crippen molar-refractivity contribution >= 4 is 17.2 Å². The molecule has 22 heavy (non-hydrogen) atoms. The molecule has 0 bridgehead atoms. The number of aliphatic hydroxyl groups excluding tert-OH is 2. The van der Waals surface area contributed by atoms with Gasteiger partial charge >= 0.3 is 0 Å². The molecule has 124 valence electrons. The first kappa shape index (κ1) is 17.4. The minimum atomic E-state index is -0.592. The van der Waals surface area contributed by atoms with Crippen molar-refractivity contribution in [2.75, 3.05) is 19.7 Å². The SMILES string of the molecule is CCCc1nc(C(=O)N2CC[C@@H](O)[C@@](CO)(CCC)C2)cs1. The molecule has 0 aliphatic carbocycles. The second kappa shape index (κ2) is 7.53. The summed E-state index contributed by atoms with van der Waals surface area (Å²) in [7, 11) is 0. The summed E-state index contributed by atoms with van der Waals surface area (Å²) in [6, 6.07) is 0. The predicted octanol–water partition coefficient (Wildman–Crippen LogP) is 2.08. The van der Waals surface area contributed by atoms with E-state index in [2.05, 4.69) is 11.9 Å². The Balaban J connectivity index is 2.12. The molecular weight excluding hydrogens is 300 g/mol. The number of carbonyl (C=O) groups excluding carboxylic acids is 1. The van der Waals surface area contributed by atoms with Gasteiger partial charge in [0.1, 0.15) is 5.69 Å². The molecule has 0 radical (unpaired) electrons. The van der Waals surface area contributed by atoms with Crippen LogP contribution in [0, 0.1) is 5.41 Å². The van der Waals surface area contributed by atoms with Crippen LogP contribution < -0.4 is 0 Å². The van der Waals surface area contributed by atoms with E-state index in [0.29, 0.717) is 31.6 Å². The molecule has 2 heterocycles. The van der Waals surface area contributed by atoms with Gasteiger partial charge < -0.3 is 15.1 Å². The maximum atomic E-state index is 12.6. The average Bonchev–Trinajstić information content (AvgIpc) is 2.98. The van der Waals surface area contributed by atoms with E-state index in [4.69, 9.17) is 0 Å². The largest absolute Gasteiger partial charge is 0.396 e. The molecule has 1 aliphatic rings. The smallest absolute Gasteiger partial charge is 0.273 e. The molecule has 2 N–H and O–H groups in total. The first-order valence-corrected chi connectivity index (χ1v) is 8.97. The summed E-state index contributed by atoms with van der Waals surface area (Å²) in [4.78, 5) is 18.8. The lowest BCUT2D eigenvalue weighted by Crippen LogP contribution is -2.55. The molecule has 1 aromatic rings. The molecule has 1 aliphatic heterocycles. The highest BCUT2D eigenvalue weighted by molar-refractivity contribution is 7.09. The standard InChI is InChI=1S/C16H26N2O3S/c1-3-5-14-17-12(9-22-14)15(21)18-8-6-13(20)16(10-18,11-19)7-4-2/h9,13,19-20H,3-8,10-11H2,1-2H3/t13-,16+/m1/s1. The number of nitrogens with zero attached hydrogens (tertiary/aromatic N) is 2. The monoisotopic (exact) mass is 326 g/mol. The lowest BCUT2D eigenvalue weighted by Gasteiger charge is -2.45. The van der Waals surface area contributed by atoms with Gasteiger partial charge in [-0.05, 0) is 25.7 Å². The van der Waals surface area contributed by atoms with E-state index in [9.17, 15) is 15.0 Å². The molecule has 0 aromatic carbocycles. The number of aryl methyl sites for hydroxylation is 1. The van der Waals surface area contributed by atoms with E-state index in [1.165, 1.54) is 11.3 Å². The van der Waals surface area contributed by atoms with E-state index in [1.807, 2.05) is 12.3 Å². The molecule has 1 aromatic heterocycles. The summed E-state index contributed by atoms with van der Waals surface area (Å²) in [5.74, 6) is -0.0839. The molecule has 0 unspecified atom stereocenters. The number of likely N-dealkylation sites (tertiary alicyclic amines) is 1. The van der Waals surface area contributed by atoms with Crippen molar-refractivity contribution in [3.05, 3.63) is 16.1 Å². The van der Waals surface area contributed by atoms with Crippen molar-refractivity contribution in [2.45, 2.75) is 52.1 Å². The van der Waals surface area contributed by atoms with Crippen LogP contribution >= 0.6 is 11.3 Å². The summed E-state index contributed by atoms with van der Waals surface area (Å²) in [5.41, 5.74) is -0.0986. The van der Waals surface area contributed by atoms with Crippen molar-refractivity contribution in [3.63, 3.8) is 0 Å². The van der Waals surface area contributed by atoms with Gasteiger partial charge in [-0.3, -0.25) is 4.79 Å². The van der Waals surface area contributed by atoms with Gasteiger partial charge in [-0.25, -0.2) is 4.98 Å². The molecular formula is C16H26N2O3S. The normalized spacial score (nSPS) is 25.5. The second-order valence-electron chi connectivity index (χ2n) is 6.18. The fourth-order valence-electron chi connectivity index (χ4n) is 3.20. The van der Waals surface area contributed by atoms with Crippen LogP contribution in [0.15, 0.2) is 5.38 Å². The van der Waals surface area contributed by atoms with Gasteiger partial charge in [0.25, 0.3) is 5.91 Å². The van der Waals surface area contributed by atoms with Crippen LogP contribution in [0.2, 0.25) is 0 Å². The van der Waals surface area contributed by atoms with E-state index in [-0.39, 0.29) is 12.5 Å². The fourth-order valence-corrected chi connectivity index (χ4v) is 4.07. The number of hydrogen-bond donors (Lipinski definition) is 2. The van der Waals surface area contributed by atoms with E-state index in [1.54, 1.807) is 4.90 Å². The van der Waals surface area contributed by atoms with Gasteiger partial charge in [0.05, 0.1) is 17.7 Å². The quantitative estimate of drug-likeness (QED) is 0.839. The first-order chi connectivity index (χ1) is 10.6. The summed E-state index contributed by atoms with van der Waals surface area (Å²) in [6.07, 6.45) is 3.46.